The fourth-order valence-corrected chi connectivity index (χ4v) is 3.14. The SMILES string of the molecule is NCC1CCCN1c1nccc2cc3c(cc12)OCO3. The highest BCUT2D eigenvalue weighted by Crippen LogP contribution is 2.39. The molecule has 1 unspecified atom stereocenters. The lowest BCUT2D eigenvalue weighted by Crippen LogP contribution is -2.36. The lowest BCUT2D eigenvalue weighted by atomic mass is 10.1. The fraction of sp³-hybridized carbons (Fsp3) is 0.400. The highest BCUT2D eigenvalue weighted by Gasteiger charge is 2.26. The zero-order valence-electron chi connectivity index (χ0n) is 11.2. The van der Waals surface area contributed by atoms with Gasteiger partial charge in [0.05, 0.1) is 0 Å². The predicted molar refractivity (Wildman–Crippen MR) is 77.3 cm³/mol. The van der Waals surface area contributed by atoms with Crippen molar-refractivity contribution in [1.82, 2.24) is 4.98 Å². The van der Waals surface area contributed by atoms with Gasteiger partial charge in [0.1, 0.15) is 5.82 Å². The van der Waals surface area contributed by atoms with Crippen molar-refractivity contribution in [2.24, 2.45) is 5.73 Å². The van der Waals surface area contributed by atoms with E-state index in [1.54, 1.807) is 0 Å². The smallest absolute Gasteiger partial charge is 0.231 e. The van der Waals surface area contributed by atoms with Gasteiger partial charge in [-0.05, 0) is 36.4 Å². The second kappa shape index (κ2) is 4.52. The van der Waals surface area contributed by atoms with Crippen LogP contribution in [0.25, 0.3) is 10.8 Å². The first-order valence-electron chi connectivity index (χ1n) is 7.02. The van der Waals surface area contributed by atoms with E-state index < -0.39 is 0 Å². The summed E-state index contributed by atoms with van der Waals surface area (Å²) in [5.74, 6) is 2.62. The van der Waals surface area contributed by atoms with Crippen LogP contribution in [0.1, 0.15) is 12.8 Å². The number of fused-ring (bicyclic) bond motifs is 2. The molecule has 0 amide bonds. The Balaban J connectivity index is 1.87. The molecule has 1 aromatic carbocycles. The second-order valence-electron chi connectivity index (χ2n) is 5.29. The molecule has 3 heterocycles. The first kappa shape index (κ1) is 11.8. The van der Waals surface area contributed by atoms with Crippen molar-refractivity contribution in [3.8, 4) is 11.5 Å². The quantitative estimate of drug-likeness (QED) is 0.903. The zero-order valence-corrected chi connectivity index (χ0v) is 11.2. The Morgan fingerprint density at radius 1 is 1.30 bits per heavy atom. The molecule has 104 valence electrons. The standard InChI is InChI=1S/C15H17N3O2/c16-8-11-2-1-5-18(11)15-12-7-14-13(19-9-20-14)6-10(12)3-4-17-15/h3-4,6-7,11H,1-2,5,8-9,16H2. The molecule has 5 nitrogen and oxygen atoms in total. The summed E-state index contributed by atoms with van der Waals surface area (Å²) >= 11 is 0. The summed E-state index contributed by atoms with van der Waals surface area (Å²) in [7, 11) is 0. The lowest BCUT2D eigenvalue weighted by molar-refractivity contribution is 0.174. The maximum atomic E-state index is 5.88. The van der Waals surface area contributed by atoms with E-state index in [0.717, 1.165) is 41.1 Å². The normalized spacial score (nSPS) is 20.9. The predicted octanol–water partition coefficient (Wildman–Crippen LogP) is 1.89. The third-order valence-electron chi connectivity index (χ3n) is 4.16. The minimum Gasteiger partial charge on any atom is -0.454 e. The minimum absolute atomic E-state index is 0.295. The van der Waals surface area contributed by atoms with Crippen molar-refractivity contribution in [1.29, 1.82) is 0 Å². The highest BCUT2D eigenvalue weighted by atomic mass is 16.7. The molecule has 20 heavy (non-hydrogen) atoms. The summed E-state index contributed by atoms with van der Waals surface area (Å²) in [5.41, 5.74) is 5.88. The van der Waals surface area contributed by atoms with Gasteiger partial charge >= 0.3 is 0 Å². The highest BCUT2D eigenvalue weighted by molar-refractivity contribution is 5.95. The first-order chi connectivity index (χ1) is 9.86. The Morgan fingerprint density at radius 2 is 2.15 bits per heavy atom. The van der Waals surface area contributed by atoms with Gasteiger partial charge in [0, 0.05) is 30.7 Å². The minimum atomic E-state index is 0.295. The molecule has 2 aliphatic heterocycles. The van der Waals surface area contributed by atoms with Gasteiger partial charge in [0.25, 0.3) is 0 Å². The van der Waals surface area contributed by atoms with Crippen molar-refractivity contribution in [2.75, 3.05) is 24.8 Å². The third kappa shape index (κ3) is 1.70. The average Bonchev–Trinajstić information content (AvgIpc) is 3.12. The Hall–Kier alpha value is -2.01. The molecule has 0 aliphatic carbocycles. The Morgan fingerprint density at radius 3 is 3.00 bits per heavy atom. The van der Waals surface area contributed by atoms with E-state index in [0.29, 0.717) is 19.4 Å². The summed E-state index contributed by atoms with van der Waals surface area (Å²) in [6, 6.07) is 6.45. The number of hydrogen-bond donors (Lipinski definition) is 1. The van der Waals surface area contributed by atoms with Crippen LogP contribution in [0.5, 0.6) is 11.5 Å². The number of pyridine rings is 1. The van der Waals surface area contributed by atoms with Crippen molar-refractivity contribution in [2.45, 2.75) is 18.9 Å². The van der Waals surface area contributed by atoms with Crippen molar-refractivity contribution in [3.63, 3.8) is 0 Å². The molecule has 0 spiro atoms. The van der Waals surface area contributed by atoms with Crippen LogP contribution in [-0.2, 0) is 0 Å². The van der Waals surface area contributed by atoms with E-state index in [1.807, 2.05) is 24.4 Å². The summed E-state index contributed by atoms with van der Waals surface area (Å²) < 4.78 is 10.9. The van der Waals surface area contributed by atoms with Crippen LogP contribution in [0.15, 0.2) is 24.4 Å². The summed E-state index contributed by atoms with van der Waals surface area (Å²) in [5, 5.41) is 2.24. The average molecular weight is 271 g/mol. The number of hydrogen-bond acceptors (Lipinski definition) is 5. The Bertz CT molecular complexity index is 659. The molecule has 0 radical (unpaired) electrons. The van der Waals surface area contributed by atoms with Gasteiger partial charge in [0.15, 0.2) is 11.5 Å². The lowest BCUT2D eigenvalue weighted by Gasteiger charge is -2.25. The number of benzene rings is 1. The molecule has 1 saturated heterocycles. The van der Waals surface area contributed by atoms with Gasteiger partial charge in [-0.1, -0.05) is 0 Å². The van der Waals surface area contributed by atoms with Crippen molar-refractivity contribution < 1.29 is 9.47 Å². The van der Waals surface area contributed by atoms with E-state index in [-0.39, 0.29) is 0 Å². The molecule has 1 aromatic heterocycles. The number of nitrogens with zero attached hydrogens (tertiary/aromatic N) is 2. The number of nitrogens with two attached hydrogens (primary N) is 1. The monoisotopic (exact) mass is 271 g/mol. The van der Waals surface area contributed by atoms with Crippen LogP contribution in [0.3, 0.4) is 0 Å². The summed E-state index contributed by atoms with van der Waals surface area (Å²) in [6.45, 7) is 1.98. The molecular formula is C15H17N3O2. The number of rotatable bonds is 2. The molecular weight excluding hydrogens is 254 g/mol. The van der Waals surface area contributed by atoms with Gasteiger partial charge in [0.2, 0.25) is 6.79 Å². The largest absolute Gasteiger partial charge is 0.454 e. The van der Waals surface area contributed by atoms with Gasteiger partial charge < -0.3 is 20.1 Å². The van der Waals surface area contributed by atoms with Crippen molar-refractivity contribution in [3.05, 3.63) is 24.4 Å². The number of ether oxygens (including phenoxy) is 2. The summed E-state index contributed by atoms with van der Waals surface area (Å²) in [4.78, 5) is 6.91. The van der Waals surface area contributed by atoms with E-state index in [1.165, 1.54) is 6.42 Å². The van der Waals surface area contributed by atoms with Crippen LogP contribution >= 0.6 is 0 Å². The third-order valence-corrected chi connectivity index (χ3v) is 4.16. The molecule has 1 atom stereocenters. The first-order valence-corrected chi connectivity index (χ1v) is 7.02. The summed E-state index contributed by atoms with van der Waals surface area (Å²) in [6.07, 6.45) is 4.16. The van der Waals surface area contributed by atoms with Gasteiger partial charge in [-0.15, -0.1) is 0 Å². The fourth-order valence-electron chi connectivity index (χ4n) is 3.14. The van der Waals surface area contributed by atoms with Gasteiger partial charge in [-0.3, -0.25) is 0 Å². The molecule has 5 heteroatoms. The van der Waals surface area contributed by atoms with Crippen LogP contribution < -0.4 is 20.1 Å². The molecule has 1 fully saturated rings. The molecule has 2 aliphatic rings. The second-order valence-corrected chi connectivity index (χ2v) is 5.29. The molecule has 0 bridgehead atoms. The van der Waals surface area contributed by atoms with Crippen LogP contribution in [0, 0.1) is 0 Å². The maximum Gasteiger partial charge on any atom is 0.231 e. The molecule has 2 N–H and O–H groups in total. The van der Waals surface area contributed by atoms with Gasteiger partial charge in [-0.2, -0.15) is 0 Å². The van der Waals surface area contributed by atoms with E-state index in [4.69, 9.17) is 15.2 Å². The van der Waals surface area contributed by atoms with E-state index in [2.05, 4.69) is 9.88 Å². The molecule has 4 rings (SSSR count). The van der Waals surface area contributed by atoms with E-state index >= 15 is 0 Å². The van der Waals surface area contributed by atoms with E-state index in [9.17, 15) is 0 Å². The van der Waals surface area contributed by atoms with Crippen LogP contribution in [-0.4, -0.2) is 30.9 Å². The number of aromatic nitrogens is 1. The Labute approximate surface area is 117 Å². The maximum absolute atomic E-state index is 5.88. The zero-order chi connectivity index (χ0) is 13.5. The Kier molecular flexibility index (Phi) is 2.67. The molecule has 0 saturated carbocycles. The van der Waals surface area contributed by atoms with Crippen molar-refractivity contribution >= 4 is 16.6 Å². The number of anilines is 1. The van der Waals surface area contributed by atoms with Gasteiger partial charge in [-0.25, -0.2) is 4.98 Å². The van der Waals surface area contributed by atoms with Crippen LogP contribution in [0.2, 0.25) is 0 Å². The topological polar surface area (TPSA) is 60.6 Å². The molecule has 2 aromatic rings. The van der Waals surface area contributed by atoms with Crippen LogP contribution in [0.4, 0.5) is 5.82 Å².